The number of rotatable bonds is 16. The van der Waals surface area contributed by atoms with Gasteiger partial charge in [-0.1, -0.05) is 55.4 Å². The Hall–Kier alpha value is -4.90. The van der Waals surface area contributed by atoms with E-state index in [0.717, 1.165) is 14.2 Å². The van der Waals surface area contributed by atoms with E-state index in [1.54, 1.807) is 96.9 Å². The molecule has 0 unspecified atom stereocenters. The molecule has 0 radical (unpaired) electrons. The summed E-state index contributed by atoms with van der Waals surface area (Å²) >= 11 is 0. The van der Waals surface area contributed by atoms with Gasteiger partial charge in [-0.05, 0) is 65.2 Å². The van der Waals surface area contributed by atoms with Crippen LogP contribution in [0.25, 0.3) is 0 Å². The average molecular weight is 771 g/mol. The Bertz CT molecular complexity index is 1310. The number of esters is 2. The van der Waals surface area contributed by atoms with Crippen molar-refractivity contribution in [2.75, 3.05) is 14.2 Å². The van der Waals surface area contributed by atoms with Crippen molar-refractivity contribution in [3.05, 3.63) is 11.4 Å². The molecule has 308 valence electrons. The van der Waals surface area contributed by atoms with Gasteiger partial charge in [0.05, 0.1) is 14.2 Å². The van der Waals surface area contributed by atoms with Gasteiger partial charge in [0.25, 0.3) is 0 Å². The van der Waals surface area contributed by atoms with Crippen LogP contribution in [-0.4, -0.2) is 97.3 Å². The third-order valence-electron chi connectivity index (χ3n) is 7.26. The molecular weight excluding hydrogens is 708 g/mol. The number of methoxy groups -OCH3 is 2. The third kappa shape index (κ3) is 16.8. The number of carbonyl (C=O) groups excluding carboxylic acids is 8. The lowest BCUT2D eigenvalue weighted by Crippen LogP contribution is -2.58. The maximum atomic E-state index is 13.7. The lowest BCUT2D eigenvalue weighted by molar-refractivity contribution is -0.141. The van der Waals surface area contributed by atoms with Crippen molar-refractivity contribution in [2.45, 2.75) is 132 Å². The number of hydrogen-bond donors (Lipinski definition) is 6. The molecular formula is C36H62N6O12. The highest BCUT2D eigenvalue weighted by atomic mass is 16.6. The molecule has 0 bridgehead atoms. The molecule has 0 rings (SSSR count). The van der Waals surface area contributed by atoms with Crippen LogP contribution >= 0.6 is 0 Å². The first-order valence-corrected chi connectivity index (χ1v) is 17.7. The molecule has 0 aromatic heterocycles. The number of alkyl carbamates (subject to hydrolysis) is 2. The third-order valence-corrected chi connectivity index (χ3v) is 7.26. The highest BCUT2D eigenvalue weighted by Gasteiger charge is 2.36. The van der Waals surface area contributed by atoms with E-state index in [9.17, 15) is 38.4 Å². The Balaban J connectivity index is 6.65. The molecule has 6 N–H and O–H groups in total. The van der Waals surface area contributed by atoms with Crippen LogP contribution in [0.3, 0.4) is 0 Å². The summed E-state index contributed by atoms with van der Waals surface area (Å²) in [5.74, 6) is -8.11. The first kappa shape index (κ1) is 49.1. The van der Waals surface area contributed by atoms with Crippen LogP contribution in [0.4, 0.5) is 9.59 Å². The minimum atomic E-state index is -1.35. The van der Waals surface area contributed by atoms with Gasteiger partial charge in [-0.3, -0.25) is 19.2 Å². The van der Waals surface area contributed by atoms with Crippen molar-refractivity contribution in [3.63, 3.8) is 0 Å². The van der Waals surface area contributed by atoms with Gasteiger partial charge in [0, 0.05) is 0 Å². The van der Waals surface area contributed by atoms with E-state index in [2.05, 4.69) is 31.9 Å². The van der Waals surface area contributed by atoms with Crippen LogP contribution in [0.15, 0.2) is 11.4 Å². The number of amides is 6. The summed E-state index contributed by atoms with van der Waals surface area (Å²) in [5.41, 5.74) is -3.37. The summed E-state index contributed by atoms with van der Waals surface area (Å²) in [6, 6.07) is -4.96. The maximum absolute atomic E-state index is 13.7. The molecule has 0 aliphatic carbocycles. The molecule has 0 aromatic rings. The number of ether oxygens (including phenoxy) is 4. The van der Waals surface area contributed by atoms with Gasteiger partial charge in [0.1, 0.15) is 35.4 Å². The van der Waals surface area contributed by atoms with Crippen molar-refractivity contribution < 1.29 is 57.3 Å². The Labute approximate surface area is 318 Å². The number of hydrogen-bond acceptors (Lipinski definition) is 12. The van der Waals surface area contributed by atoms with Crippen molar-refractivity contribution in [1.29, 1.82) is 0 Å². The van der Waals surface area contributed by atoms with Crippen LogP contribution in [0.5, 0.6) is 0 Å². The number of nitrogens with one attached hydrogen (secondary N) is 6. The largest absolute Gasteiger partial charge is 0.464 e. The molecule has 18 nitrogen and oxygen atoms in total. The summed E-state index contributed by atoms with van der Waals surface area (Å²) < 4.78 is 20.1. The fourth-order valence-corrected chi connectivity index (χ4v) is 4.53. The molecule has 0 aromatic carbocycles. The lowest BCUT2D eigenvalue weighted by Gasteiger charge is -2.29. The second-order valence-electron chi connectivity index (χ2n) is 15.9. The average Bonchev–Trinajstić information content (AvgIpc) is 3.01. The summed E-state index contributed by atoms with van der Waals surface area (Å²) in [6.07, 6.45) is -1.71. The van der Waals surface area contributed by atoms with E-state index in [-0.39, 0.29) is 0 Å². The Morgan fingerprint density at radius 3 is 0.852 bits per heavy atom. The fourth-order valence-electron chi connectivity index (χ4n) is 4.53. The van der Waals surface area contributed by atoms with Crippen molar-refractivity contribution in [1.82, 2.24) is 31.9 Å². The van der Waals surface area contributed by atoms with Gasteiger partial charge < -0.3 is 50.8 Å². The first-order valence-electron chi connectivity index (χ1n) is 17.7. The van der Waals surface area contributed by atoms with Crippen LogP contribution in [0.1, 0.15) is 96.9 Å². The topological polar surface area (TPSA) is 246 Å². The fraction of sp³-hybridized carbons (Fsp3) is 0.722. The highest BCUT2D eigenvalue weighted by molar-refractivity contribution is 6.06. The van der Waals surface area contributed by atoms with E-state index < -0.39 is 118 Å². The van der Waals surface area contributed by atoms with E-state index in [0.29, 0.717) is 0 Å². The molecule has 54 heavy (non-hydrogen) atoms. The quantitative estimate of drug-likeness (QED) is 0.0751. The molecule has 0 aliphatic heterocycles. The van der Waals surface area contributed by atoms with E-state index in [1.165, 1.54) is 0 Å². The van der Waals surface area contributed by atoms with Crippen LogP contribution < -0.4 is 31.9 Å². The van der Waals surface area contributed by atoms with E-state index in [1.807, 2.05) is 0 Å². The zero-order valence-electron chi connectivity index (χ0n) is 34.5. The molecule has 0 aliphatic rings. The Kier molecular flexibility index (Phi) is 19.2. The summed E-state index contributed by atoms with van der Waals surface area (Å²) in [7, 11) is 1.92. The van der Waals surface area contributed by atoms with Crippen LogP contribution in [-0.2, 0) is 47.7 Å². The van der Waals surface area contributed by atoms with Crippen molar-refractivity contribution >= 4 is 47.8 Å². The molecule has 0 spiro atoms. The van der Waals surface area contributed by atoms with Gasteiger partial charge in [-0.25, -0.2) is 19.2 Å². The second-order valence-corrected chi connectivity index (χ2v) is 15.9. The standard InChI is InChI=1S/C36H62N6O12/c1-17(2)21(37-29(45)23(19(5)6)41-33(49)53-35(9,10)11)27(43)39-25(31(47)51-15)26(32(48)52-16)40-28(44)22(18(3)4)38-30(46)24(20(7)8)42-34(50)54-36(12,13)14/h17-24H,1-16H3,(H,37,45)(H,38,46)(H,39,43)(H,40,44)(H,41,49)(H,42,50)/b26-25-/t21-,22-,23-,24-/m0/s1. The second kappa shape index (κ2) is 21.1. The van der Waals surface area contributed by atoms with Crippen molar-refractivity contribution in [3.8, 4) is 0 Å². The lowest BCUT2D eigenvalue weighted by atomic mass is 9.99. The zero-order chi connectivity index (χ0) is 42.5. The van der Waals surface area contributed by atoms with Gasteiger partial charge in [-0.15, -0.1) is 0 Å². The van der Waals surface area contributed by atoms with Gasteiger partial charge in [0.15, 0.2) is 11.4 Å². The predicted molar refractivity (Wildman–Crippen MR) is 197 cm³/mol. The molecule has 6 amide bonds. The number of carbonyl (C=O) groups is 8. The van der Waals surface area contributed by atoms with Crippen molar-refractivity contribution in [2.24, 2.45) is 23.7 Å². The van der Waals surface area contributed by atoms with Gasteiger partial charge in [-0.2, -0.15) is 0 Å². The van der Waals surface area contributed by atoms with Gasteiger partial charge >= 0.3 is 24.1 Å². The smallest absolute Gasteiger partial charge is 0.408 e. The molecule has 0 heterocycles. The van der Waals surface area contributed by atoms with Gasteiger partial charge in [0.2, 0.25) is 23.6 Å². The molecule has 4 atom stereocenters. The molecule has 0 fully saturated rings. The maximum Gasteiger partial charge on any atom is 0.408 e. The molecule has 0 saturated heterocycles. The normalized spacial score (nSPS) is 14.4. The minimum absolute atomic E-state index is 0.446. The summed E-state index contributed by atoms with van der Waals surface area (Å²) in [5, 5.41) is 14.7. The first-order chi connectivity index (χ1) is 24.6. The minimum Gasteiger partial charge on any atom is -0.464 e. The summed E-state index contributed by atoms with van der Waals surface area (Å²) in [4.78, 5) is 105. The predicted octanol–water partition coefficient (Wildman–Crippen LogP) is 2.16. The SMILES string of the molecule is COC(=O)/C(NC(=O)[C@@H](NC(=O)[C@@H](NC(=O)OC(C)(C)C)C(C)C)C(C)C)=C(/NC(=O)[C@@H](NC(=O)[C@@H](NC(=O)OC(C)(C)C)C(C)C)C(C)C)C(=O)OC. The van der Waals surface area contributed by atoms with E-state index >= 15 is 0 Å². The molecule has 0 saturated carbocycles. The summed E-state index contributed by atoms with van der Waals surface area (Å²) in [6.45, 7) is 23.0. The zero-order valence-corrected chi connectivity index (χ0v) is 34.5. The Morgan fingerprint density at radius 2 is 0.648 bits per heavy atom. The van der Waals surface area contributed by atoms with Crippen LogP contribution in [0.2, 0.25) is 0 Å². The highest BCUT2D eigenvalue weighted by Crippen LogP contribution is 2.14. The molecule has 18 heteroatoms. The van der Waals surface area contributed by atoms with Crippen LogP contribution in [0, 0.1) is 23.7 Å². The van der Waals surface area contributed by atoms with E-state index in [4.69, 9.17) is 18.9 Å². The monoisotopic (exact) mass is 770 g/mol. The Morgan fingerprint density at radius 1 is 0.407 bits per heavy atom.